The third kappa shape index (κ3) is 2.06. The summed E-state index contributed by atoms with van der Waals surface area (Å²) >= 11 is 5.67. The van der Waals surface area contributed by atoms with Gasteiger partial charge in [-0.2, -0.15) is 0 Å². The molecule has 0 saturated heterocycles. The first kappa shape index (κ1) is 10.2. The van der Waals surface area contributed by atoms with Crippen molar-refractivity contribution in [3.05, 3.63) is 27.4 Å². The molecule has 0 spiro atoms. The number of H-pyrrole nitrogens is 1. The summed E-state index contributed by atoms with van der Waals surface area (Å²) in [7, 11) is 0. The molecule has 0 aliphatic rings. The number of aliphatic hydroxyl groups is 1. The Labute approximate surface area is 79.6 Å². The van der Waals surface area contributed by atoms with Gasteiger partial charge in [0.25, 0.3) is 5.56 Å². The lowest BCUT2D eigenvalue weighted by atomic mass is 10.1. The van der Waals surface area contributed by atoms with Crippen molar-refractivity contribution in [2.75, 3.05) is 13.2 Å². The van der Waals surface area contributed by atoms with Gasteiger partial charge in [0.2, 0.25) is 0 Å². The van der Waals surface area contributed by atoms with E-state index in [0.29, 0.717) is 5.69 Å². The molecule has 6 heteroatoms. The Hall–Kier alpha value is -0.910. The molecule has 0 aliphatic carbocycles. The number of aliphatic hydroxyl groups excluding tert-OH is 1. The number of aromatic nitrogens is 2. The molecule has 0 bridgehead atoms. The van der Waals surface area contributed by atoms with Gasteiger partial charge in [-0.25, -0.2) is 4.98 Å². The van der Waals surface area contributed by atoms with Crippen LogP contribution in [0.1, 0.15) is 11.6 Å². The number of nitrogens with one attached hydrogen (secondary N) is 1. The highest BCUT2D eigenvalue weighted by molar-refractivity contribution is 6.31. The van der Waals surface area contributed by atoms with Crippen molar-refractivity contribution in [1.29, 1.82) is 0 Å². The van der Waals surface area contributed by atoms with Crippen molar-refractivity contribution >= 4 is 11.6 Å². The highest BCUT2D eigenvalue weighted by Gasteiger charge is 2.15. The summed E-state index contributed by atoms with van der Waals surface area (Å²) in [6.07, 6.45) is 1.24. The van der Waals surface area contributed by atoms with Crippen LogP contribution in [0, 0.1) is 0 Å². The summed E-state index contributed by atoms with van der Waals surface area (Å²) in [5.74, 6) is -0.380. The van der Waals surface area contributed by atoms with Crippen molar-refractivity contribution in [3.63, 3.8) is 0 Å². The first-order valence-electron chi connectivity index (χ1n) is 3.74. The minimum Gasteiger partial charge on any atom is -0.396 e. The van der Waals surface area contributed by atoms with Crippen LogP contribution in [0.4, 0.5) is 0 Å². The third-order valence-electron chi connectivity index (χ3n) is 1.72. The second kappa shape index (κ2) is 4.36. The number of nitrogens with zero attached hydrogens (tertiary/aromatic N) is 1. The van der Waals surface area contributed by atoms with Crippen molar-refractivity contribution < 1.29 is 5.11 Å². The minimum absolute atomic E-state index is 0.00741. The van der Waals surface area contributed by atoms with Crippen LogP contribution in [0.3, 0.4) is 0 Å². The van der Waals surface area contributed by atoms with E-state index in [1.165, 1.54) is 6.33 Å². The van der Waals surface area contributed by atoms with Gasteiger partial charge in [0.15, 0.2) is 0 Å². The van der Waals surface area contributed by atoms with Crippen LogP contribution in [0.15, 0.2) is 11.1 Å². The van der Waals surface area contributed by atoms with E-state index < -0.39 is 5.56 Å². The second-order valence-corrected chi connectivity index (χ2v) is 2.92. The molecule has 1 unspecified atom stereocenters. The predicted molar refractivity (Wildman–Crippen MR) is 48.7 cm³/mol. The van der Waals surface area contributed by atoms with Gasteiger partial charge in [0.1, 0.15) is 5.02 Å². The molecule has 0 aromatic carbocycles. The SMILES string of the molecule is NCC(CO)c1nc[nH]c(=O)c1Cl. The van der Waals surface area contributed by atoms with Crippen molar-refractivity contribution in [1.82, 2.24) is 9.97 Å². The molecule has 1 heterocycles. The van der Waals surface area contributed by atoms with Crippen LogP contribution >= 0.6 is 11.6 Å². The topological polar surface area (TPSA) is 92.0 Å². The van der Waals surface area contributed by atoms with Gasteiger partial charge in [-0.3, -0.25) is 4.79 Å². The van der Waals surface area contributed by atoms with E-state index in [9.17, 15) is 4.79 Å². The largest absolute Gasteiger partial charge is 0.396 e. The molecule has 1 aromatic heterocycles. The second-order valence-electron chi connectivity index (χ2n) is 2.55. The molecule has 5 nitrogen and oxygen atoms in total. The summed E-state index contributed by atoms with van der Waals surface area (Å²) in [5.41, 5.74) is 5.29. The highest BCUT2D eigenvalue weighted by Crippen LogP contribution is 2.16. The van der Waals surface area contributed by atoms with Gasteiger partial charge < -0.3 is 15.8 Å². The third-order valence-corrected chi connectivity index (χ3v) is 2.08. The van der Waals surface area contributed by atoms with Crippen molar-refractivity contribution in [3.8, 4) is 0 Å². The first-order valence-corrected chi connectivity index (χ1v) is 4.12. The monoisotopic (exact) mass is 203 g/mol. The smallest absolute Gasteiger partial charge is 0.269 e. The molecule has 0 amide bonds. The fourth-order valence-corrected chi connectivity index (χ4v) is 1.21. The van der Waals surface area contributed by atoms with Gasteiger partial charge >= 0.3 is 0 Å². The normalized spacial score (nSPS) is 12.8. The minimum atomic E-state index is -0.418. The van der Waals surface area contributed by atoms with E-state index in [4.69, 9.17) is 22.4 Å². The molecule has 0 aliphatic heterocycles. The van der Waals surface area contributed by atoms with Gasteiger partial charge in [-0.05, 0) is 0 Å². The summed E-state index contributed by atoms with van der Waals surface area (Å²) in [6.45, 7) is 0.0271. The molecule has 0 radical (unpaired) electrons. The lowest BCUT2D eigenvalue weighted by Gasteiger charge is -2.10. The number of nitrogens with two attached hydrogens (primary N) is 1. The zero-order chi connectivity index (χ0) is 9.84. The number of hydrogen-bond donors (Lipinski definition) is 3. The molecule has 72 valence electrons. The van der Waals surface area contributed by atoms with Gasteiger partial charge in [-0.15, -0.1) is 0 Å². The lowest BCUT2D eigenvalue weighted by Crippen LogP contribution is -2.21. The Morgan fingerprint density at radius 2 is 2.46 bits per heavy atom. The molecule has 13 heavy (non-hydrogen) atoms. The molecule has 1 aromatic rings. The Morgan fingerprint density at radius 3 is 3.00 bits per heavy atom. The van der Waals surface area contributed by atoms with E-state index in [-0.39, 0.29) is 24.1 Å². The fourth-order valence-electron chi connectivity index (χ4n) is 0.954. The Balaban J connectivity index is 3.13. The van der Waals surface area contributed by atoms with Gasteiger partial charge in [0.05, 0.1) is 18.6 Å². The average molecular weight is 204 g/mol. The molecular weight excluding hydrogens is 194 g/mol. The summed E-state index contributed by atoms with van der Waals surface area (Å²) in [4.78, 5) is 17.2. The zero-order valence-corrected chi connectivity index (χ0v) is 7.58. The van der Waals surface area contributed by atoms with Gasteiger partial charge in [0, 0.05) is 12.5 Å². The van der Waals surface area contributed by atoms with E-state index in [2.05, 4.69) is 9.97 Å². The Bertz CT molecular complexity index is 335. The zero-order valence-electron chi connectivity index (χ0n) is 6.83. The standard InChI is InChI=1S/C7H10ClN3O2/c8-5-6(4(1-9)2-12)10-3-11-7(5)13/h3-4,12H,1-2,9H2,(H,10,11,13). The lowest BCUT2D eigenvalue weighted by molar-refractivity contribution is 0.265. The van der Waals surface area contributed by atoms with Crippen molar-refractivity contribution in [2.24, 2.45) is 5.73 Å². The van der Waals surface area contributed by atoms with Crippen LogP contribution in [-0.2, 0) is 0 Å². The first-order chi connectivity index (χ1) is 6.20. The summed E-state index contributed by atoms with van der Waals surface area (Å²) in [6, 6.07) is 0. The van der Waals surface area contributed by atoms with E-state index in [0.717, 1.165) is 0 Å². The van der Waals surface area contributed by atoms with Crippen LogP contribution < -0.4 is 11.3 Å². The molecule has 4 N–H and O–H groups in total. The van der Waals surface area contributed by atoms with E-state index in [1.54, 1.807) is 0 Å². The Morgan fingerprint density at radius 1 is 1.77 bits per heavy atom. The summed E-state index contributed by atoms with van der Waals surface area (Å²) in [5, 5.41) is 8.90. The fraction of sp³-hybridized carbons (Fsp3) is 0.429. The predicted octanol–water partition coefficient (Wildman–Crippen LogP) is -0.542. The number of rotatable bonds is 3. The highest BCUT2D eigenvalue weighted by atomic mass is 35.5. The summed E-state index contributed by atoms with van der Waals surface area (Å²) < 4.78 is 0. The van der Waals surface area contributed by atoms with Crippen LogP contribution in [-0.4, -0.2) is 28.2 Å². The van der Waals surface area contributed by atoms with E-state index >= 15 is 0 Å². The maximum Gasteiger partial charge on any atom is 0.269 e. The average Bonchev–Trinajstić information content (AvgIpc) is 2.14. The van der Waals surface area contributed by atoms with Crippen molar-refractivity contribution in [2.45, 2.75) is 5.92 Å². The van der Waals surface area contributed by atoms with Crippen LogP contribution in [0.25, 0.3) is 0 Å². The quantitative estimate of drug-likeness (QED) is 0.615. The molecule has 1 rings (SSSR count). The number of halogens is 1. The molecule has 0 fully saturated rings. The Kier molecular flexibility index (Phi) is 3.41. The molecule has 1 atom stereocenters. The van der Waals surface area contributed by atoms with E-state index in [1.807, 2.05) is 0 Å². The number of hydrogen-bond acceptors (Lipinski definition) is 4. The maximum absolute atomic E-state index is 11.0. The number of aromatic amines is 1. The van der Waals surface area contributed by atoms with Crippen LogP contribution in [0.2, 0.25) is 5.02 Å². The van der Waals surface area contributed by atoms with Crippen LogP contribution in [0.5, 0.6) is 0 Å². The molecular formula is C7H10ClN3O2. The maximum atomic E-state index is 11.0. The molecule has 0 saturated carbocycles. The van der Waals surface area contributed by atoms with Gasteiger partial charge in [-0.1, -0.05) is 11.6 Å².